The van der Waals surface area contributed by atoms with Gasteiger partial charge in [-0.2, -0.15) is 0 Å². The zero-order valence-corrected chi connectivity index (χ0v) is 30.0. The average Bonchev–Trinajstić information content (AvgIpc) is 3.45. The molecule has 20 nitrogen and oxygen atoms in total. The molecule has 0 radical (unpaired) electrons. The summed E-state index contributed by atoms with van der Waals surface area (Å²) >= 11 is 0. The summed E-state index contributed by atoms with van der Waals surface area (Å²) in [5.41, 5.74) is 0.0359. The van der Waals surface area contributed by atoms with E-state index in [4.69, 9.17) is 42.6 Å². The molecule has 0 aliphatic carbocycles. The minimum atomic E-state index is -2.59. The third-order valence-electron chi connectivity index (χ3n) is 9.15. The van der Waals surface area contributed by atoms with Gasteiger partial charge in [0.05, 0.1) is 24.3 Å². The molecule has 3 aliphatic heterocycles. The maximum Gasteiger partial charge on any atom is 0.338 e. The smallest absolute Gasteiger partial charge is 0.338 e. The molecule has 0 unspecified atom stereocenters. The lowest BCUT2D eigenvalue weighted by Crippen LogP contribution is -2.67. The Kier molecular flexibility index (Phi) is 14.5. The molecule has 0 saturated carbocycles. The number of carbonyl (C=O) groups excluding carboxylic acids is 4. The fourth-order valence-electron chi connectivity index (χ4n) is 6.27. The molecule has 2 aromatic carbocycles. The van der Waals surface area contributed by atoms with E-state index in [1.807, 2.05) is 0 Å². The Labute approximate surface area is 318 Å². The normalized spacial score (nSPS) is 35.6. The molecule has 0 aromatic heterocycles. The predicted octanol–water partition coefficient (Wildman–Crippen LogP) is -2.70. The lowest BCUT2D eigenvalue weighted by atomic mass is 9.96. The minimum absolute atomic E-state index is 0.00576. The van der Waals surface area contributed by atoms with E-state index in [1.54, 1.807) is 12.1 Å². The van der Waals surface area contributed by atoms with Crippen molar-refractivity contribution in [1.29, 1.82) is 0 Å². The van der Waals surface area contributed by atoms with Crippen molar-refractivity contribution in [1.82, 2.24) is 0 Å². The second-order valence-electron chi connectivity index (χ2n) is 13.1. The standard InChI is InChI=1S/C36H44O20/c1-17(39)48-15-23-29(52-32(46)19-9-5-3-6-10-19)28(45)30(53-34-27(44)26(43)24(41)21(13-37)50-34)35(51-23)56-36(16-49-18(2)40)31(25(42)22(14-38)55-36)54-33(47)20-11-7-4-8-12-20/h3-12,21-31,34-35,37-38,41-45H,13-16H2,1-2H3/t21-,22-,23-,24-,25-,26+,27-,28+,29-,30-,31+,34+,35-,36+/m1/s1. The molecule has 3 saturated heterocycles. The molecule has 56 heavy (non-hydrogen) atoms. The maximum absolute atomic E-state index is 13.3. The molecule has 2 aromatic rings. The van der Waals surface area contributed by atoms with E-state index in [0.29, 0.717) is 0 Å². The van der Waals surface area contributed by atoms with Gasteiger partial charge in [-0.1, -0.05) is 36.4 Å². The fraction of sp³-hybridized carbons (Fsp3) is 0.556. The molecule has 14 atom stereocenters. The van der Waals surface area contributed by atoms with Crippen molar-refractivity contribution >= 4 is 23.9 Å². The van der Waals surface area contributed by atoms with Gasteiger partial charge in [0.15, 0.2) is 24.8 Å². The van der Waals surface area contributed by atoms with Crippen molar-refractivity contribution in [2.75, 3.05) is 26.4 Å². The quantitative estimate of drug-likeness (QED) is 0.0756. The summed E-state index contributed by atoms with van der Waals surface area (Å²) in [4.78, 5) is 50.7. The van der Waals surface area contributed by atoms with Gasteiger partial charge in [-0.05, 0) is 24.3 Å². The van der Waals surface area contributed by atoms with Crippen molar-refractivity contribution in [2.24, 2.45) is 0 Å². The Morgan fingerprint density at radius 3 is 1.73 bits per heavy atom. The van der Waals surface area contributed by atoms with Crippen molar-refractivity contribution in [3.63, 3.8) is 0 Å². The van der Waals surface area contributed by atoms with Gasteiger partial charge in [0.2, 0.25) is 5.79 Å². The van der Waals surface area contributed by atoms with Gasteiger partial charge in [0.1, 0.15) is 68.1 Å². The number of ether oxygens (including phenoxy) is 9. The van der Waals surface area contributed by atoms with Crippen LogP contribution in [0.2, 0.25) is 0 Å². The van der Waals surface area contributed by atoms with Crippen LogP contribution >= 0.6 is 0 Å². The first-order valence-corrected chi connectivity index (χ1v) is 17.4. The summed E-state index contributed by atoms with van der Waals surface area (Å²) in [6, 6.07) is 15.0. The van der Waals surface area contributed by atoms with E-state index in [-0.39, 0.29) is 11.1 Å². The van der Waals surface area contributed by atoms with Crippen LogP contribution < -0.4 is 0 Å². The maximum atomic E-state index is 13.3. The van der Waals surface area contributed by atoms with E-state index in [1.165, 1.54) is 48.5 Å². The van der Waals surface area contributed by atoms with E-state index in [0.717, 1.165) is 13.8 Å². The first-order valence-electron chi connectivity index (χ1n) is 17.4. The van der Waals surface area contributed by atoms with E-state index >= 15 is 0 Å². The topological polar surface area (TPSA) is 293 Å². The van der Waals surface area contributed by atoms with Crippen LogP contribution in [0.4, 0.5) is 0 Å². The van der Waals surface area contributed by atoms with E-state index in [9.17, 15) is 54.9 Å². The molecular weight excluding hydrogens is 752 g/mol. The molecular formula is C36H44O20. The molecule has 308 valence electrons. The van der Waals surface area contributed by atoms with Gasteiger partial charge in [0.25, 0.3) is 0 Å². The summed E-state index contributed by atoms with van der Waals surface area (Å²) in [6.45, 7) is -1.35. The SMILES string of the molecule is CC(=O)OC[C@H]1O[C@H](O[C@]2(COC(C)=O)O[C@H](CO)[C@@H](O)[C@@H]2OC(=O)c2ccccc2)[C@H](O[C@@H]2O[C@H](CO)[C@@H](O)[C@H](O)[C@H]2O)[C@@H](O)[C@@H]1OC(=O)c1ccccc1. The lowest BCUT2D eigenvalue weighted by molar-refractivity contribution is -0.407. The van der Waals surface area contributed by atoms with E-state index < -0.39 is 136 Å². The number of esters is 4. The molecule has 5 rings (SSSR count). The van der Waals surface area contributed by atoms with Crippen LogP contribution in [-0.2, 0) is 52.2 Å². The highest BCUT2D eigenvalue weighted by molar-refractivity contribution is 5.90. The second kappa shape index (κ2) is 18.9. The highest BCUT2D eigenvalue weighted by atomic mass is 16.8. The predicted molar refractivity (Wildman–Crippen MR) is 180 cm³/mol. The van der Waals surface area contributed by atoms with Gasteiger partial charge in [-0.25, -0.2) is 9.59 Å². The number of aliphatic hydroxyl groups excluding tert-OH is 7. The Morgan fingerprint density at radius 2 is 1.18 bits per heavy atom. The van der Waals surface area contributed by atoms with Gasteiger partial charge in [-0.15, -0.1) is 0 Å². The fourth-order valence-corrected chi connectivity index (χ4v) is 6.27. The highest BCUT2D eigenvalue weighted by Gasteiger charge is 2.63. The molecule has 3 aliphatic rings. The van der Waals surface area contributed by atoms with Crippen LogP contribution in [0, 0.1) is 0 Å². The van der Waals surface area contributed by atoms with Crippen LogP contribution in [0.3, 0.4) is 0 Å². The van der Waals surface area contributed by atoms with Crippen LogP contribution in [-0.4, -0.2) is 172 Å². The summed E-state index contributed by atoms with van der Waals surface area (Å²) in [6.07, 6.45) is -24.3. The number of rotatable bonds is 14. The number of aliphatic hydroxyl groups is 7. The van der Waals surface area contributed by atoms with Gasteiger partial charge >= 0.3 is 23.9 Å². The van der Waals surface area contributed by atoms with Gasteiger partial charge in [-0.3, -0.25) is 9.59 Å². The molecule has 3 heterocycles. The van der Waals surface area contributed by atoms with Crippen LogP contribution in [0.1, 0.15) is 34.6 Å². The third-order valence-corrected chi connectivity index (χ3v) is 9.15. The van der Waals surface area contributed by atoms with Crippen LogP contribution in [0.15, 0.2) is 60.7 Å². The van der Waals surface area contributed by atoms with Gasteiger partial charge in [0, 0.05) is 13.8 Å². The average molecular weight is 797 g/mol. The molecule has 0 spiro atoms. The Morgan fingerprint density at radius 1 is 0.625 bits per heavy atom. The van der Waals surface area contributed by atoms with Crippen LogP contribution in [0.25, 0.3) is 0 Å². The number of carbonyl (C=O) groups is 4. The number of hydrogen-bond acceptors (Lipinski definition) is 20. The third kappa shape index (κ3) is 9.68. The lowest BCUT2D eigenvalue weighted by Gasteiger charge is -2.48. The summed E-state index contributed by atoms with van der Waals surface area (Å²) < 4.78 is 51.3. The molecule has 7 N–H and O–H groups in total. The zero-order chi connectivity index (χ0) is 40.7. The Balaban J connectivity index is 1.57. The Hall–Kier alpha value is -4.16. The number of benzene rings is 2. The summed E-state index contributed by atoms with van der Waals surface area (Å²) in [5.74, 6) is -6.33. The summed E-state index contributed by atoms with van der Waals surface area (Å²) in [5, 5.41) is 74.9. The molecule has 0 bridgehead atoms. The monoisotopic (exact) mass is 796 g/mol. The number of hydrogen-bond donors (Lipinski definition) is 7. The minimum Gasteiger partial charge on any atom is -0.463 e. The zero-order valence-electron chi connectivity index (χ0n) is 30.0. The van der Waals surface area contributed by atoms with Crippen molar-refractivity contribution in [3.05, 3.63) is 71.8 Å². The molecule has 3 fully saturated rings. The van der Waals surface area contributed by atoms with Crippen LogP contribution in [0.5, 0.6) is 0 Å². The first-order chi connectivity index (χ1) is 26.7. The first kappa shape index (κ1) is 43.0. The highest BCUT2D eigenvalue weighted by Crippen LogP contribution is 2.40. The molecule has 20 heteroatoms. The summed E-state index contributed by atoms with van der Waals surface area (Å²) in [7, 11) is 0. The van der Waals surface area contributed by atoms with Crippen molar-refractivity contribution in [3.8, 4) is 0 Å². The van der Waals surface area contributed by atoms with Crippen molar-refractivity contribution in [2.45, 2.75) is 99.4 Å². The second-order valence-corrected chi connectivity index (χ2v) is 13.1. The van der Waals surface area contributed by atoms with E-state index in [2.05, 4.69) is 0 Å². The molecule has 0 amide bonds. The largest absolute Gasteiger partial charge is 0.463 e. The van der Waals surface area contributed by atoms with Gasteiger partial charge < -0.3 is 78.4 Å². The Bertz CT molecular complexity index is 1630. The van der Waals surface area contributed by atoms with Crippen molar-refractivity contribution < 1.29 is 97.6 Å².